The maximum absolute atomic E-state index is 6.25. The molecule has 0 amide bonds. The average molecular weight is 331 g/mol. The fourth-order valence-electron chi connectivity index (χ4n) is 1.78. The Bertz CT molecular complexity index is 600. The molecule has 0 saturated heterocycles. The van der Waals surface area contributed by atoms with Gasteiger partial charge in [-0.25, -0.2) is 9.97 Å². The van der Waals surface area contributed by atoms with Crippen molar-refractivity contribution in [3.05, 3.63) is 32.2 Å². The highest BCUT2D eigenvalue weighted by Crippen LogP contribution is 2.32. The lowest BCUT2D eigenvalue weighted by molar-refractivity contribution is 0.901. The number of nitrogens with zero attached hydrogens (tertiary/aromatic N) is 3. The van der Waals surface area contributed by atoms with Crippen LogP contribution in [-0.2, 0) is 6.54 Å². The van der Waals surface area contributed by atoms with Crippen LogP contribution in [0.5, 0.6) is 0 Å². The molecule has 2 heterocycles. The van der Waals surface area contributed by atoms with E-state index in [-0.39, 0.29) is 0 Å². The van der Waals surface area contributed by atoms with Crippen LogP contribution in [0.4, 0.5) is 11.6 Å². The SMILES string of the molecule is CCNc1nc(N(C)Cc2scnc2C)c(Cl)cc1Cl. The van der Waals surface area contributed by atoms with Crippen LogP contribution in [0.15, 0.2) is 11.6 Å². The zero-order valence-electron chi connectivity index (χ0n) is 11.6. The Hall–Kier alpha value is -1.04. The first-order valence-electron chi connectivity index (χ1n) is 6.23. The summed E-state index contributed by atoms with van der Waals surface area (Å²) >= 11 is 14.0. The quantitative estimate of drug-likeness (QED) is 0.890. The van der Waals surface area contributed by atoms with Crippen molar-refractivity contribution >= 4 is 46.2 Å². The molecule has 0 saturated carbocycles. The van der Waals surface area contributed by atoms with E-state index in [1.54, 1.807) is 17.4 Å². The van der Waals surface area contributed by atoms with Gasteiger partial charge in [0.25, 0.3) is 0 Å². The topological polar surface area (TPSA) is 41.1 Å². The third-order valence-electron chi connectivity index (χ3n) is 2.84. The summed E-state index contributed by atoms with van der Waals surface area (Å²) in [7, 11) is 1.96. The van der Waals surface area contributed by atoms with E-state index < -0.39 is 0 Å². The fourth-order valence-corrected chi connectivity index (χ4v) is 3.18. The van der Waals surface area contributed by atoms with Gasteiger partial charge in [0.15, 0.2) is 0 Å². The second kappa shape index (κ2) is 6.61. The molecular formula is C13H16Cl2N4S. The summed E-state index contributed by atoms with van der Waals surface area (Å²) in [5.41, 5.74) is 2.89. The van der Waals surface area contributed by atoms with E-state index in [1.165, 1.54) is 4.88 Å². The van der Waals surface area contributed by atoms with Crippen LogP contribution in [0.1, 0.15) is 17.5 Å². The number of nitrogens with one attached hydrogen (secondary N) is 1. The van der Waals surface area contributed by atoms with Crippen LogP contribution in [0.25, 0.3) is 0 Å². The largest absolute Gasteiger partial charge is 0.369 e. The highest BCUT2D eigenvalue weighted by Gasteiger charge is 2.14. The molecule has 2 rings (SSSR count). The molecule has 0 aromatic carbocycles. The summed E-state index contributed by atoms with van der Waals surface area (Å²) in [4.78, 5) is 12.0. The molecule has 0 aliphatic rings. The van der Waals surface area contributed by atoms with Gasteiger partial charge in [-0.1, -0.05) is 23.2 Å². The molecule has 0 fully saturated rings. The molecule has 0 aliphatic carbocycles. The fraction of sp³-hybridized carbons (Fsp3) is 0.385. The number of hydrogen-bond donors (Lipinski definition) is 1. The Kier molecular flexibility index (Phi) is 5.07. The van der Waals surface area contributed by atoms with Gasteiger partial charge >= 0.3 is 0 Å². The third-order valence-corrected chi connectivity index (χ3v) is 4.33. The zero-order valence-corrected chi connectivity index (χ0v) is 13.9. The third kappa shape index (κ3) is 3.34. The Labute approximate surface area is 132 Å². The van der Waals surface area contributed by atoms with Crippen molar-refractivity contribution in [2.24, 2.45) is 0 Å². The second-order valence-corrected chi connectivity index (χ2v) is 6.13. The number of anilines is 2. The number of aromatic nitrogens is 2. The van der Waals surface area contributed by atoms with E-state index in [9.17, 15) is 0 Å². The van der Waals surface area contributed by atoms with Crippen molar-refractivity contribution in [1.29, 1.82) is 0 Å². The van der Waals surface area contributed by atoms with Crippen LogP contribution >= 0.6 is 34.5 Å². The molecule has 0 aliphatic heterocycles. The van der Waals surface area contributed by atoms with Gasteiger partial charge in [0.1, 0.15) is 11.6 Å². The summed E-state index contributed by atoms with van der Waals surface area (Å²) in [5.74, 6) is 1.36. The molecule has 4 nitrogen and oxygen atoms in total. The molecule has 7 heteroatoms. The van der Waals surface area contributed by atoms with Gasteiger partial charge in [-0.05, 0) is 19.9 Å². The molecule has 0 atom stereocenters. The Morgan fingerprint density at radius 3 is 2.70 bits per heavy atom. The number of halogens is 2. The molecular weight excluding hydrogens is 315 g/mol. The smallest absolute Gasteiger partial charge is 0.150 e. The highest BCUT2D eigenvalue weighted by atomic mass is 35.5. The molecule has 0 bridgehead atoms. The van der Waals surface area contributed by atoms with Crippen molar-refractivity contribution in [3.63, 3.8) is 0 Å². The Morgan fingerprint density at radius 2 is 2.10 bits per heavy atom. The first-order chi connectivity index (χ1) is 9.52. The van der Waals surface area contributed by atoms with E-state index in [1.807, 2.05) is 31.3 Å². The first kappa shape index (κ1) is 15.4. The molecule has 0 spiro atoms. The van der Waals surface area contributed by atoms with Gasteiger partial charge in [0, 0.05) is 18.5 Å². The van der Waals surface area contributed by atoms with E-state index in [2.05, 4.69) is 15.3 Å². The van der Waals surface area contributed by atoms with E-state index >= 15 is 0 Å². The maximum atomic E-state index is 6.25. The van der Waals surface area contributed by atoms with Gasteiger partial charge in [-0.2, -0.15) is 0 Å². The molecule has 0 radical (unpaired) electrons. The Morgan fingerprint density at radius 1 is 1.35 bits per heavy atom. The highest BCUT2D eigenvalue weighted by molar-refractivity contribution is 7.09. The standard InChI is InChI=1S/C13H16Cl2N4S/c1-4-16-12-9(14)5-10(15)13(18-12)19(3)6-11-8(2)17-7-20-11/h5,7H,4,6H2,1-3H3,(H,16,18). The number of hydrogen-bond acceptors (Lipinski definition) is 5. The van der Waals surface area contributed by atoms with Crippen molar-refractivity contribution in [1.82, 2.24) is 9.97 Å². The lowest BCUT2D eigenvalue weighted by Crippen LogP contribution is -2.18. The monoisotopic (exact) mass is 330 g/mol. The zero-order chi connectivity index (χ0) is 14.7. The average Bonchev–Trinajstić information content (AvgIpc) is 2.78. The molecule has 1 N–H and O–H groups in total. The number of aryl methyl sites for hydroxylation is 1. The minimum atomic E-state index is 0.531. The predicted octanol–water partition coefficient (Wildman–Crippen LogP) is 4.22. The van der Waals surface area contributed by atoms with E-state index in [0.29, 0.717) is 21.7 Å². The summed E-state index contributed by atoms with van der Waals surface area (Å²) in [5, 5.41) is 4.20. The normalized spacial score (nSPS) is 10.7. The van der Waals surface area contributed by atoms with Crippen LogP contribution < -0.4 is 10.2 Å². The molecule has 108 valence electrons. The lowest BCUT2D eigenvalue weighted by atomic mass is 10.3. The van der Waals surface area contributed by atoms with Gasteiger partial charge in [-0.3, -0.25) is 0 Å². The molecule has 2 aromatic heterocycles. The molecule has 20 heavy (non-hydrogen) atoms. The van der Waals surface area contributed by atoms with Gasteiger partial charge in [0.05, 0.1) is 27.8 Å². The summed E-state index contributed by atoms with van der Waals surface area (Å²) < 4.78 is 0. The van der Waals surface area contributed by atoms with Crippen LogP contribution in [-0.4, -0.2) is 23.6 Å². The Balaban J connectivity index is 2.27. The first-order valence-corrected chi connectivity index (χ1v) is 7.86. The molecule has 0 unspecified atom stereocenters. The van der Waals surface area contributed by atoms with Crippen molar-refractivity contribution in [3.8, 4) is 0 Å². The number of rotatable bonds is 5. The van der Waals surface area contributed by atoms with Crippen molar-refractivity contribution < 1.29 is 0 Å². The van der Waals surface area contributed by atoms with E-state index in [4.69, 9.17) is 23.2 Å². The van der Waals surface area contributed by atoms with Crippen LogP contribution in [0.2, 0.25) is 10.0 Å². The maximum Gasteiger partial charge on any atom is 0.150 e. The minimum absolute atomic E-state index is 0.531. The predicted molar refractivity (Wildman–Crippen MR) is 87.4 cm³/mol. The number of thiazole rings is 1. The molecule has 2 aromatic rings. The van der Waals surface area contributed by atoms with E-state index in [0.717, 1.165) is 18.8 Å². The lowest BCUT2D eigenvalue weighted by Gasteiger charge is -2.20. The second-order valence-electron chi connectivity index (χ2n) is 4.37. The van der Waals surface area contributed by atoms with Crippen molar-refractivity contribution in [2.75, 3.05) is 23.8 Å². The van der Waals surface area contributed by atoms with Crippen LogP contribution in [0, 0.1) is 6.92 Å². The minimum Gasteiger partial charge on any atom is -0.369 e. The number of pyridine rings is 1. The van der Waals surface area contributed by atoms with Gasteiger partial charge < -0.3 is 10.2 Å². The van der Waals surface area contributed by atoms with Gasteiger partial charge in [0.2, 0.25) is 0 Å². The van der Waals surface area contributed by atoms with Crippen molar-refractivity contribution in [2.45, 2.75) is 20.4 Å². The summed E-state index contributed by atoms with van der Waals surface area (Å²) in [6, 6.07) is 1.72. The summed E-state index contributed by atoms with van der Waals surface area (Å²) in [6.07, 6.45) is 0. The summed E-state index contributed by atoms with van der Waals surface area (Å²) in [6.45, 7) is 5.47. The van der Waals surface area contributed by atoms with Gasteiger partial charge in [-0.15, -0.1) is 11.3 Å². The van der Waals surface area contributed by atoms with Crippen LogP contribution in [0.3, 0.4) is 0 Å².